The first-order chi connectivity index (χ1) is 12.9. The first kappa shape index (κ1) is 18.5. The molecule has 2 N–H and O–H groups in total. The van der Waals surface area contributed by atoms with Crippen LogP contribution in [-0.4, -0.2) is 11.6 Å². The molecule has 0 amide bonds. The summed E-state index contributed by atoms with van der Waals surface area (Å²) < 4.78 is 5.47. The lowest BCUT2D eigenvalue weighted by atomic mass is 9.95. The number of ether oxygens (including phenoxy) is 1. The van der Waals surface area contributed by atoms with Gasteiger partial charge in [-0.3, -0.25) is 0 Å². The van der Waals surface area contributed by atoms with Gasteiger partial charge in [-0.15, -0.1) is 0 Å². The Morgan fingerprint density at radius 3 is 2.59 bits per heavy atom. The average molecular weight is 377 g/mol. The fourth-order valence-electron chi connectivity index (χ4n) is 3.24. The molecule has 0 unspecified atom stereocenters. The number of rotatable bonds is 3. The van der Waals surface area contributed by atoms with Crippen LogP contribution in [0.3, 0.4) is 0 Å². The zero-order valence-corrected chi connectivity index (χ0v) is 16.0. The van der Waals surface area contributed by atoms with Crippen molar-refractivity contribution in [3.05, 3.63) is 56.7 Å². The van der Waals surface area contributed by atoms with Gasteiger partial charge in [-0.1, -0.05) is 17.7 Å². The minimum atomic E-state index is 0.139. The Morgan fingerprint density at radius 2 is 2.00 bits per heavy atom. The number of nitrogens with two attached hydrogens (primary N) is 1. The molecule has 27 heavy (non-hydrogen) atoms. The van der Waals surface area contributed by atoms with E-state index in [1.807, 2.05) is 45.0 Å². The molecule has 1 aromatic heterocycles. The molecule has 1 aromatic carbocycles. The van der Waals surface area contributed by atoms with Crippen LogP contribution in [-0.2, 0) is 0 Å². The molecule has 0 atom stereocenters. The Kier molecular flexibility index (Phi) is 4.90. The van der Waals surface area contributed by atoms with E-state index in [0.29, 0.717) is 39.8 Å². The molecular weight excluding hydrogens is 360 g/mol. The van der Waals surface area contributed by atoms with Gasteiger partial charge >= 0.3 is 0 Å². The van der Waals surface area contributed by atoms with E-state index in [2.05, 4.69) is 17.1 Å². The lowest BCUT2D eigenvalue weighted by Gasteiger charge is -2.11. The number of hydrogen-bond donors (Lipinski definition) is 1. The van der Waals surface area contributed by atoms with Crippen LogP contribution < -0.4 is 10.5 Å². The minimum absolute atomic E-state index is 0.139. The highest BCUT2D eigenvalue weighted by molar-refractivity contribution is 6.32. The van der Waals surface area contributed by atoms with Gasteiger partial charge in [-0.2, -0.15) is 10.5 Å². The van der Waals surface area contributed by atoms with Crippen molar-refractivity contribution in [2.24, 2.45) is 0 Å². The molecule has 0 saturated carbocycles. The molecule has 0 bridgehead atoms. The van der Waals surface area contributed by atoms with Crippen molar-refractivity contribution in [1.82, 2.24) is 4.98 Å². The number of nitrogen functional groups attached to an aromatic ring is 1. The fourth-order valence-corrected chi connectivity index (χ4v) is 3.49. The number of benzene rings is 1. The highest BCUT2D eigenvalue weighted by atomic mass is 35.5. The zero-order chi connectivity index (χ0) is 19.7. The summed E-state index contributed by atoms with van der Waals surface area (Å²) in [6.45, 7) is 6.11. The third-order valence-corrected chi connectivity index (χ3v) is 4.85. The number of anilines is 1. The number of fused-ring (bicyclic) bond motifs is 1. The SMILES string of the molecule is CCOc1ccc(C=C2C(C)=C(C#N)c3nc(N)c(C#N)c(C)c32)cc1Cl. The van der Waals surface area contributed by atoms with Crippen LogP contribution in [0.5, 0.6) is 5.75 Å². The van der Waals surface area contributed by atoms with Gasteiger partial charge in [0, 0.05) is 5.56 Å². The van der Waals surface area contributed by atoms with Gasteiger partial charge in [-0.05, 0) is 61.3 Å². The summed E-state index contributed by atoms with van der Waals surface area (Å²) in [6, 6.07) is 9.82. The number of nitriles is 2. The van der Waals surface area contributed by atoms with E-state index in [1.165, 1.54) is 0 Å². The van der Waals surface area contributed by atoms with Crippen molar-refractivity contribution < 1.29 is 4.74 Å². The Morgan fingerprint density at radius 1 is 1.26 bits per heavy atom. The van der Waals surface area contributed by atoms with Crippen molar-refractivity contribution in [2.75, 3.05) is 12.3 Å². The van der Waals surface area contributed by atoms with E-state index >= 15 is 0 Å². The number of allylic oxidation sites excluding steroid dienone is 3. The van der Waals surface area contributed by atoms with Gasteiger partial charge in [0.05, 0.1) is 28.5 Å². The summed E-state index contributed by atoms with van der Waals surface area (Å²) in [4.78, 5) is 4.32. The van der Waals surface area contributed by atoms with E-state index < -0.39 is 0 Å². The topological polar surface area (TPSA) is 95.7 Å². The Labute approximate surface area is 163 Å². The maximum absolute atomic E-state index is 9.60. The van der Waals surface area contributed by atoms with Gasteiger partial charge in [0.25, 0.3) is 0 Å². The molecule has 1 heterocycles. The summed E-state index contributed by atoms with van der Waals surface area (Å²) in [6.07, 6.45) is 1.94. The van der Waals surface area contributed by atoms with Gasteiger partial charge in [0.2, 0.25) is 0 Å². The second kappa shape index (κ2) is 7.15. The zero-order valence-electron chi connectivity index (χ0n) is 15.2. The van der Waals surface area contributed by atoms with E-state index in [9.17, 15) is 10.5 Å². The van der Waals surface area contributed by atoms with Crippen molar-refractivity contribution in [3.63, 3.8) is 0 Å². The molecule has 6 heteroatoms. The van der Waals surface area contributed by atoms with Crippen LogP contribution in [0.4, 0.5) is 5.82 Å². The maximum atomic E-state index is 9.60. The molecule has 134 valence electrons. The van der Waals surface area contributed by atoms with Crippen molar-refractivity contribution >= 4 is 34.6 Å². The molecule has 0 saturated heterocycles. The summed E-state index contributed by atoms with van der Waals surface area (Å²) in [5.41, 5.74) is 11.2. The summed E-state index contributed by atoms with van der Waals surface area (Å²) in [5, 5.41) is 19.5. The Hall–Kier alpha value is -3.28. The predicted molar refractivity (Wildman–Crippen MR) is 107 cm³/mol. The lowest BCUT2D eigenvalue weighted by molar-refractivity contribution is 0.340. The molecule has 1 aliphatic carbocycles. The number of hydrogen-bond acceptors (Lipinski definition) is 5. The second-order valence-corrected chi connectivity index (χ2v) is 6.53. The normalized spacial score (nSPS) is 14.1. The summed E-state index contributed by atoms with van der Waals surface area (Å²) >= 11 is 6.30. The van der Waals surface area contributed by atoms with Gasteiger partial charge in [-0.25, -0.2) is 4.98 Å². The van der Waals surface area contributed by atoms with Crippen LogP contribution in [0.1, 0.15) is 41.8 Å². The molecule has 0 fully saturated rings. The highest BCUT2D eigenvalue weighted by Gasteiger charge is 2.29. The molecule has 2 aromatic rings. The number of nitrogens with zero attached hydrogens (tertiary/aromatic N) is 3. The van der Waals surface area contributed by atoms with Crippen LogP contribution in [0.2, 0.25) is 5.02 Å². The average Bonchev–Trinajstić information content (AvgIpc) is 2.89. The minimum Gasteiger partial charge on any atom is -0.492 e. The van der Waals surface area contributed by atoms with Crippen LogP contribution >= 0.6 is 11.6 Å². The molecule has 0 radical (unpaired) electrons. The molecule has 1 aliphatic rings. The van der Waals surface area contributed by atoms with Crippen molar-refractivity contribution in [1.29, 1.82) is 10.5 Å². The van der Waals surface area contributed by atoms with E-state index in [-0.39, 0.29) is 5.82 Å². The largest absolute Gasteiger partial charge is 0.492 e. The summed E-state index contributed by atoms with van der Waals surface area (Å²) in [7, 11) is 0. The molecular formula is C21H17ClN4O. The van der Waals surface area contributed by atoms with E-state index in [4.69, 9.17) is 22.1 Å². The molecule has 3 rings (SSSR count). The predicted octanol–water partition coefficient (Wildman–Crippen LogP) is 4.75. The number of aromatic nitrogens is 1. The van der Waals surface area contributed by atoms with Gasteiger partial charge in [0.1, 0.15) is 23.7 Å². The van der Waals surface area contributed by atoms with E-state index in [0.717, 1.165) is 22.3 Å². The van der Waals surface area contributed by atoms with Crippen LogP contribution in [0.15, 0.2) is 23.8 Å². The quantitative estimate of drug-likeness (QED) is 0.833. The van der Waals surface area contributed by atoms with Crippen LogP contribution in [0, 0.1) is 29.6 Å². The highest BCUT2D eigenvalue weighted by Crippen LogP contribution is 2.44. The number of halogens is 1. The van der Waals surface area contributed by atoms with Crippen molar-refractivity contribution in [2.45, 2.75) is 20.8 Å². The smallest absolute Gasteiger partial charge is 0.142 e. The molecule has 5 nitrogen and oxygen atoms in total. The molecule has 0 spiro atoms. The van der Waals surface area contributed by atoms with Gasteiger partial charge in [0.15, 0.2) is 0 Å². The first-order valence-corrected chi connectivity index (χ1v) is 8.77. The number of pyridine rings is 1. The Balaban J connectivity index is 2.23. The summed E-state index contributed by atoms with van der Waals surface area (Å²) in [5.74, 6) is 0.759. The standard InChI is InChI=1S/C21H17ClN4O/c1-4-27-18-6-5-13(8-17(18)22)7-14-11(2)15(9-23)20-19(14)12(3)16(10-24)21(25)26-20/h5-8H,4H2,1-3H3,(H2,25,26). The van der Waals surface area contributed by atoms with Crippen LogP contribution in [0.25, 0.3) is 17.2 Å². The third-order valence-electron chi connectivity index (χ3n) is 4.55. The van der Waals surface area contributed by atoms with Gasteiger partial charge < -0.3 is 10.5 Å². The first-order valence-electron chi connectivity index (χ1n) is 8.39. The van der Waals surface area contributed by atoms with Crippen molar-refractivity contribution in [3.8, 4) is 17.9 Å². The maximum Gasteiger partial charge on any atom is 0.142 e. The Bertz CT molecular complexity index is 1100. The molecule has 0 aliphatic heterocycles. The van der Waals surface area contributed by atoms with E-state index in [1.54, 1.807) is 0 Å². The second-order valence-electron chi connectivity index (χ2n) is 6.13. The fraction of sp³-hybridized carbons (Fsp3) is 0.190. The monoisotopic (exact) mass is 376 g/mol. The third kappa shape index (κ3) is 3.03. The lowest BCUT2D eigenvalue weighted by Crippen LogP contribution is -2.03.